The number of halogens is 3. The van der Waals surface area contributed by atoms with Gasteiger partial charge in [0.15, 0.2) is 0 Å². The molecule has 2 aliphatic rings. The quantitative estimate of drug-likeness (QED) is 0.387. The molecule has 202 valence electrons. The predicted molar refractivity (Wildman–Crippen MR) is 133 cm³/mol. The summed E-state index contributed by atoms with van der Waals surface area (Å²) in [6.45, 7) is 3.00. The Morgan fingerprint density at radius 2 is 2.00 bits per heavy atom. The fourth-order valence-corrected chi connectivity index (χ4v) is 5.70. The van der Waals surface area contributed by atoms with E-state index in [1.807, 2.05) is 23.1 Å². The number of nitrogens with one attached hydrogen (secondary N) is 1. The van der Waals surface area contributed by atoms with Crippen LogP contribution in [0.25, 0.3) is 22.3 Å². The number of aryl methyl sites for hydroxylation is 1. The first-order valence-corrected chi connectivity index (χ1v) is 12.8. The first-order valence-electron chi connectivity index (χ1n) is 12.8. The van der Waals surface area contributed by atoms with Crippen molar-refractivity contribution in [2.45, 2.75) is 62.9 Å². The summed E-state index contributed by atoms with van der Waals surface area (Å²) in [6, 6.07) is 6.00. The van der Waals surface area contributed by atoms with E-state index in [1.165, 1.54) is 19.3 Å². The Morgan fingerprint density at radius 1 is 1.21 bits per heavy atom. The molecule has 10 nitrogen and oxygen atoms in total. The van der Waals surface area contributed by atoms with Crippen molar-refractivity contribution >= 4 is 11.0 Å². The molecule has 4 aromatic heterocycles. The first-order chi connectivity index (χ1) is 18.7. The molecule has 0 amide bonds. The second-order valence-electron chi connectivity index (χ2n) is 10.3. The van der Waals surface area contributed by atoms with Crippen LogP contribution in [-0.2, 0) is 11.7 Å². The van der Waals surface area contributed by atoms with Gasteiger partial charge in [-0.25, -0.2) is 15.0 Å². The molecule has 1 saturated carbocycles. The van der Waals surface area contributed by atoms with Gasteiger partial charge in [0.2, 0.25) is 11.7 Å². The summed E-state index contributed by atoms with van der Waals surface area (Å²) >= 11 is 0. The van der Waals surface area contributed by atoms with Gasteiger partial charge in [0.25, 0.3) is 0 Å². The lowest BCUT2D eigenvalue weighted by Crippen LogP contribution is -2.58. The molecule has 0 spiro atoms. The molecule has 5 heterocycles. The molecule has 0 aromatic carbocycles. The molecule has 1 aliphatic heterocycles. The van der Waals surface area contributed by atoms with Crippen molar-refractivity contribution < 1.29 is 17.9 Å². The van der Waals surface area contributed by atoms with E-state index in [2.05, 4.69) is 41.0 Å². The molecule has 1 aliphatic carbocycles. The first kappa shape index (κ1) is 25.2. The summed E-state index contributed by atoms with van der Waals surface area (Å²) in [5.41, 5.74) is 2.24. The van der Waals surface area contributed by atoms with Crippen LogP contribution in [0.3, 0.4) is 0 Å². The normalized spacial score (nSPS) is 22.5. The van der Waals surface area contributed by atoms with E-state index >= 15 is 0 Å². The number of piperidine rings is 1. The molecular formula is C26H26F3N9O. The number of likely N-dealkylation sites (tertiary alicyclic amines) is 1. The highest BCUT2D eigenvalue weighted by Crippen LogP contribution is 2.45. The van der Waals surface area contributed by atoms with Crippen LogP contribution in [0, 0.1) is 18.3 Å². The Bertz CT molecular complexity index is 1530. The number of fused-ring (bicyclic) bond motifs is 1. The number of nitrogens with zero attached hydrogens (tertiary/aromatic N) is 8. The van der Waals surface area contributed by atoms with E-state index < -0.39 is 12.0 Å². The average molecular weight is 538 g/mol. The van der Waals surface area contributed by atoms with Crippen molar-refractivity contribution in [1.29, 1.82) is 5.26 Å². The van der Waals surface area contributed by atoms with Gasteiger partial charge in [-0.05, 0) is 38.7 Å². The minimum atomic E-state index is -4.62. The van der Waals surface area contributed by atoms with Crippen molar-refractivity contribution in [2.75, 3.05) is 13.1 Å². The van der Waals surface area contributed by atoms with Crippen LogP contribution >= 0.6 is 0 Å². The zero-order valence-electron chi connectivity index (χ0n) is 21.2. The third-order valence-corrected chi connectivity index (χ3v) is 7.70. The molecule has 39 heavy (non-hydrogen) atoms. The molecular weight excluding hydrogens is 511 g/mol. The van der Waals surface area contributed by atoms with E-state index in [0.717, 1.165) is 48.2 Å². The van der Waals surface area contributed by atoms with Gasteiger partial charge in [0.1, 0.15) is 18.1 Å². The third kappa shape index (κ3) is 4.80. The Hall–Kier alpha value is -4.05. The maximum absolute atomic E-state index is 13.1. The summed E-state index contributed by atoms with van der Waals surface area (Å²) in [5, 5.41) is 15.1. The molecule has 0 unspecified atom stereocenters. The van der Waals surface area contributed by atoms with E-state index in [4.69, 9.17) is 4.74 Å². The Morgan fingerprint density at radius 3 is 2.74 bits per heavy atom. The minimum Gasteiger partial charge on any atom is -0.474 e. The van der Waals surface area contributed by atoms with Gasteiger partial charge in [-0.15, -0.1) is 0 Å². The van der Waals surface area contributed by atoms with Gasteiger partial charge < -0.3 is 9.72 Å². The van der Waals surface area contributed by atoms with Crippen molar-refractivity contribution in [3.8, 4) is 23.2 Å². The van der Waals surface area contributed by atoms with Crippen molar-refractivity contribution in [3.63, 3.8) is 0 Å². The zero-order chi connectivity index (χ0) is 27.2. The standard InChI is InChI=1S/C26H26F3N9O/c1-16-10-21(36-24(35-16)26(27,28)29)39-19-3-8-37(9-4-19)18-11-25(12-18,5-6-30)38-14-17(13-34-38)22-20-2-7-31-23(20)33-15-32-22/h2,7,10,13-15,18-19H,3-5,8-9,11-12H2,1H3,(H,31,32,33)/t18-,25+. The molecule has 0 atom stereocenters. The van der Waals surface area contributed by atoms with Gasteiger partial charge in [-0.3, -0.25) is 9.58 Å². The number of ether oxygens (including phenoxy) is 1. The van der Waals surface area contributed by atoms with Crippen LogP contribution in [0.15, 0.2) is 37.1 Å². The van der Waals surface area contributed by atoms with Crippen molar-refractivity contribution in [2.24, 2.45) is 0 Å². The summed E-state index contributed by atoms with van der Waals surface area (Å²) in [4.78, 5) is 21.2. The Balaban J connectivity index is 1.09. The van der Waals surface area contributed by atoms with Crippen LogP contribution in [0.1, 0.15) is 43.6 Å². The lowest BCUT2D eigenvalue weighted by Gasteiger charge is -2.52. The molecule has 6 rings (SSSR count). The zero-order valence-corrected chi connectivity index (χ0v) is 21.2. The van der Waals surface area contributed by atoms with Gasteiger partial charge in [0.05, 0.1) is 29.9 Å². The van der Waals surface area contributed by atoms with E-state index in [0.29, 0.717) is 25.3 Å². The van der Waals surface area contributed by atoms with Gasteiger partial charge in [0, 0.05) is 54.2 Å². The van der Waals surface area contributed by atoms with Crippen LogP contribution in [0.4, 0.5) is 13.2 Å². The minimum absolute atomic E-state index is 0.0416. The molecule has 2 fully saturated rings. The number of hydrogen-bond donors (Lipinski definition) is 1. The fraction of sp³-hybridized carbons (Fsp3) is 0.462. The van der Waals surface area contributed by atoms with E-state index in [1.54, 1.807) is 6.20 Å². The number of H-pyrrole nitrogens is 1. The number of aromatic nitrogens is 7. The van der Waals surface area contributed by atoms with Crippen LogP contribution in [0.2, 0.25) is 0 Å². The second-order valence-corrected chi connectivity index (χ2v) is 10.3. The largest absolute Gasteiger partial charge is 0.474 e. The number of rotatable bonds is 6. The fourth-order valence-electron chi connectivity index (χ4n) is 5.70. The molecule has 0 radical (unpaired) electrons. The number of aromatic amines is 1. The number of hydrogen-bond acceptors (Lipinski definition) is 8. The number of nitriles is 1. The van der Waals surface area contributed by atoms with Crippen LogP contribution in [-0.4, -0.2) is 64.8 Å². The maximum atomic E-state index is 13.1. The van der Waals surface area contributed by atoms with Gasteiger partial charge >= 0.3 is 6.18 Å². The summed E-state index contributed by atoms with van der Waals surface area (Å²) in [6.07, 6.45) is 5.53. The summed E-state index contributed by atoms with van der Waals surface area (Å²) in [5.74, 6) is -1.22. The second kappa shape index (κ2) is 9.60. The molecule has 0 bridgehead atoms. The van der Waals surface area contributed by atoms with Crippen molar-refractivity contribution in [1.82, 2.24) is 39.6 Å². The highest BCUT2D eigenvalue weighted by atomic mass is 19.4. The summed E-state index contributed by atoms with van der Waals surface area (Å²) < 4.78 is 46.9. The third-order valence-electron chi connectivity index (χ3n) is 7.70. The Labute approximate surface area is 221 Å². The predicted octanol–water partition coefficient (Wildman–Crippen LogP) is 4.25. The lowest BCUT2D eigenvalue weighted by atomic mass is 9.69. The topological polar surface area (TPSA) is 121 Å². The maximum Gasteiger partial charge on any atom is 0.451 e. The highest BCUT2D eigenvalue weighted by molar-refractivity contribution is 5.89. The molecule has 4 aromatic rings. The molecule has 1 N–H and O–H groups in total. The van der Waals surface area contributed by atoms with Gasteiger partial charge in [-0.2, -0.15) is 28.5 Å². The molecule has 13 heteroatoms. The van der Waals surface area contributed by atoms with Crippen LogP contribution in [0.5, 0.6) is 5.88 Å². The van der Waals surface area contributed by atoms with Crippen molar-refractivity contribution in [3.05, 3.63) is 48.6 Å². The SMILES string of the molecule is Cc1cc(OC2CCN([C@H]3C[C@@](CC#N)(n4cc(-c5ncnc6[nH]ccc56)cn4)C3)CC2)nc(C(F)(F)F)n1. The average Bonchev–Trinajstić information content (AvgIpc) is 3.56. The summed E-state index contributed by atoms with van der Waals surface area (Å²) in [7, 11) is 0. The number of alkyl halides is 3. The molecule has 1 saturated heterocycles. The lowest BCUT2D eigenvalue weighted by molar-refractivity contribution is -0.145. The Kier molecular flexibility index (Phi) is 6.22. The van der Waals surface area contributed by atoms with Crippen LogP contribution < -0.4 is 4.74 Å². The highest BCUT2D eigenvalue weighted by Gasteiger charge is 2.49. The van der Waals surface area contributed by atoms with E-state index in [9.17, 15) is 18.4 Å². The smallest absolute Gasteiger partial charge is 0.451 e. The van der Waals surface area contributed by atoms with E-state index in [-0.39, 0.29) is 23.2 Å². The monoisotopic (exact) mass is 537 g/mol. The van der Waals surface area contributed by atoms with Gasteiger partial charge in [-0.1, -0.05) is 0 Å².